The summed E-state index contributed by atoms with van der Waals surface area (Å²) in [7, 11) is 0. The van der Waals surface area contributed by atoms with E-state index >= 15 is 0 Å². The topological polar surface area (TPSA) is 113 Å². The SMILES string of the molecule is CCCCC(NC(=O)CN1C(=O)C(C)Oc2ccc(C(C)=O)cc21)C(=O)O. The molecule has 0 bridgehead atoms. The van der Waals surface area contributed by atoms with E-state index < -0.39 is 29.9 Å². The van der Waals surface area contributed by atoms with Crippen molar-refractivity contribution in [1.82, 2.24) is 5.32 Å². The molecule has 0 saturated carbocycles. The summed E-state index contributed by atoms with van der Waals surface area (Å²) < 4.78 is 5.53. The number of rotatable bonds is 8. The van der Waals surface area contributed by atoms with Crippen molar-refractivity contribution >= 4 is 29.3 Å². The lowest BCUT2D eigenvalue weighted by Crippen LogP contribution is -2.51. The minimum Gasteiger partial charge on any atom is -0.480 e. The first-order valence-electron chi connectivity index (χ1n) is 8.89. The van der Waals surface area contributed by atoms with Gasteiger partial charge in [-0.1, -0.05) is 19.8 Å². The van der Waals surface area contributed by atoms with Gasteiger partial charge in [0, 0.05) is 5.56 Å². The van der Waals surface area contributed by atoms with Gasteiger partial charge in [0.15, 0.2) is 11.9 Å². The highest BCUT2D eigenvalue weighted by Gasteiger charge is 2.33. The summed E-state index contributed by atoms with van der Waals surface area (Å²) >= 11 is 0. The van der Waals surface area contributed by atoms with Gasteiger partial charge in [-0.2, -0.15) is 0 Å². The number of benzene rings is 1. The Balaban J connectivity index is 2.22. The Morgan fingerprint density at radius 2 is 2.04 bits per heavy atom. The van der Waals surface area contributed by atoms with E-state index in [4.69, 9.17) is 4.74 Å². The molecule has 1 aliphatic heterocycles. The Morgan fingerprint density at radius 3 is 2.63 bits per heavy atom. The van der Waals surface area contributed by atoms with Crippen LogP contribution in [0.1, 0.15) is 50.4 Å². The van der Waals surface area contributed by atoms with E-state index in [9.17, 15) is 24.3 Å². The molecule has 2 unspecified atom stereocenters. The third-order valence-electron chi connectivity index (χ3n) is 4.36. The first kappa shape index (κ1) is 20.4. The van der Waals surface area contributed by atoms with Crippen LogP contribution in [-0.2, 0) is 14.4 Å². The molecule has 2 atom stereocenters. The minimum atomic E-state index is -1.11. The van der Waals surface area contributed by atoms with Crippen LogP contribution >= 0.6 is 0 Å². The maximum atomic E-state index is 12.5. The molecule has 0 aromatic heterocycles. The van der Waals surface area contributed by atoms with Crippen LogP contribution in [0.2, 0.25) is 0 Å². The monoisotopic (exact) mass is 376 g/mol. The van der Waals surface area contributed by atoms with E-state index in [1.165, 1.54) is 17.9 Å². The van der Waals surface area contributed by atoms with E-state index in [2.05, 4.69) is 5.32 Å². The number of carbonyl (C=O) groups excluding carboxylic acids is 3. The number of carbonyl (C=O) groups is 4. The standard InChI is InChI=1S/C19H24N2O6/c1-4-5-6-14(19(25)26)20-17(23)10-21-15-9-13(11(2)22)7-8-16(15)27-12(3)18(21)24/h7-9,12,14H,4-6,10H2,1-3H3,(H,20,23)(H,25,26). The number of unbranched alkanes of at least 4 members (excludes halogenated alkanes) is 1. The maximum Gasteiger partial charge on any atom is 0.326 e. The number of carboxylic acids is 1. The predicted molar refractivity (Wildman–Crippen MR) is 98.0 cm³/mol. The number of amides is 2. The lowest BCUT2D eigenvalue weighted by Gasteiger charge is -2.33. The van der Waals surface area contributed by atoms with Gasteiger partial charge >= 0.3 is 5.97 Å². The second-order valence-corrected chi connectivity index (χ2v) is 6.52. The smallest absolute Gasteiger partial charge is 0.326 e. The van der Waals surface area contributed by atoms with E-state index in [0.29, 0.717) is 29.8 Å². The fourth-order valence-corrected chi connectivity index (χ4v) is 2.84. The molecule has 0 fully saturated rings. The summed E-state index contributed by atoms with van der Waals surface area (Å²) in [6.45, 7) is 4.54. The Kier molecular flexibility index (Phi) is 6.55. The van der Waals surface area contributed by atoms with Crippen LogP contribution in [0.15, 0.2) is 18.2 Å². The average Bonchev–Trinajstić information content (AvgIpc) is 2.61. The summed E-state index contributed by atoms with van der Waals surface area (Å²) in [4.78, 5) is 49.1. The van der Waals surface area contributed by atoms with Crippen LogP contribution < -0.4 is 15.0 Å². The Bertz CT molecular complexity index is 761. The quantitative estimate of drug-likeness (QED) is 0.669. The summed E-state index contributed by atoms with van der Waals surface area (Å²) in [6, 6.07) is 3.67. The maximum absolute atomic E-state index is 12.5. The Hall–Kier alpha value is -2.90. The van der Waals surface area contributed by atoms with Crippen molar-refractivity contribution in [2.75, 3.05) is 11.4 Å². The van der Waals surface area contributed by atoms with Crippen molar-refractivity contribution in [3.05, 3.63) is 23.8 Å². The van der Waals surface area contributed by atoms with Gasteiger partial charge in [0.2, 0.25) is 5.91 Å². The van der Waals surface area contributed by atoms with Crippen molar-refractivity contribution in [1.29, 1.82) is 0 Å². The molecule has 1 aromatic rings. The van der Waals surface area contributed by atoms with Crippen LogP contribution in [0.3, 0.4) is 0 Å². The van der Waals surface area contributed by atoms with Crippen molar-refractivity contribution < 1.29 is 29.0 Å². The van der Waals surface area contributed by atoms with Gasteiger partial charge < -0.3 is 15.2 Å². The van der Waals surface area contributed by atoms with Gasteiger partial charge in [0.25, 0.3) is 5.91 Å². The molecule has 27 heavy (non-hydrogen) atoms. The third kappa shape index (κ3) is 4.84. The molecule has 0 spiro atoms. The van der Waals surface area contributed by atoms with Gasteiger partial charge in [-0.25, -0.2) is 4.79 Å². The molecule has 1 aliphatic rings. The van der Waals surface area contributed by atoms with Crippen LogP contribution in [-0.4, -0.2) is 47.4 Å². The summed E-state index contributed by atoms with van der Waals surface area (Å²) in [5.74, 6) is -1.92. The molecule has 1 aromatic carbocycles. The largest absolute Gasteiger partial charge is 0.480 e. The number of ketones is 1. The van der Waals surface area contributed by atoms with Crippen molar-refractivity contribution in [3.63, 3.8) is 0 Å². The number of Topliss-reactive ketones (excluding diaryl/α,β-unsaturated/α-hetero) is 1. The molecule has 1 heterocycles. The van der Waals surface area contributed by atoms with E-state index in [-0.39, 0.29) is 12.3 Å². The number of carboxylic acid groups (broad SMARTS) is 1. The van der Waals surface area contributed by atoms with Gasteiger partial charge in [0.05, 0.1) is 5.69 Å². The summed E-state index contributed by atoms with van der Waals surface area (Å²) in [5, 5.41) is 11.7. The molecule has 2 rings (SSSR count). The second-order valence-electron chi connectivity index (χ2n) is 6.52. The fraction of sp³-hybridized carbons (Fsp3) is 0.474. The zero-order valence-electron chi connectivity index (χ0n) is 15.7. The predicted octanol–water partition coefficient (Wildman–Crippen LogP) is 1.76. The summed E-state index contributed by atoms with van der Waals surface area (Å²) in [5.41, 5.74) is 0.706. The number of anilines is 1. The summed E-state index contributed by atoms with van der Waals surface area (Å²) in [6.07, 6.45) is 0.996. The molecule has 0 radical (unpaired) electrons. The van der Waals surface area contributed by atoms with Crippen LogP contribution in [0.4, 0.5) is 5.69 Å². The van der Waals surface area contributed by atoms with Crippen LogP contribution in [0, 0.1) is 0 Å². The molecule has 8 heteroatoms. The van der Waals surface area contributed by atoms with Gasteiger partial charge in [-0.15, -0.1) is 0 Å². The average molecular weight is 376 g/mol. The zero-order chi connectivity index (χ0) is 20.1. The van der Waals surface area contributed by atoms with Crippen LogP contribution in [0.25, 0.3) is 0 Å². The Labute approximate surface area is 157 Å². The molecule has 8 nitrogen and oxygen atoms in total. The number of fused-ring (bicyclic) bond motifs is 1. The van der Waals surface area contributed by atoms with Gasteiger partial charge in [-0.3, -0.25) is 19.3 Å². The van der Waals surface area contributed by atoms with E-state index in [1.54, 1.807) is 19.1 Å². The number of nitrogens with zero attached hydrogens (tertiary/aromatic N) is 1. The number of aliphatic carboxylic acids is 1. The van der Waals surface area contributed by atoms with Crippen molar-refractivity contribution in [2.45, 2.75) is 52.2 Å². The van der Waals surface area contributed by atoms with E-state index in [1.807, 2.05) is 6.92 Å². The number of ether oxygens (including phenoxy) is 1. The van der Waals surface area contributed by atoms with Crippen molar-refractivity contribution in [3.8, 4) is 5.75 Å². The van der Waals surface area contributed by atoms with Gasteiger partial charge in [0.1, 0.15) is 18.3 Å². The normalized spacial score (nSPS) is 16.9. The molecule has 0 saturated heterocycles. The van der Waals surface area contributed by atoms with Crippen LogP contribution in [0.5, 0.6) is 5.75 Å². The second kappa shape index (κ2) is 8.66. The molecular formula is C19H24N2O6. The minimum absolute atomic E-state index is 0.182. The first-order chi connectivity index (χ1) is 12.7. The fourth-order valence-electron chi connectivity index (χ4n) is 2.84. The highest BCUT2D eigenvalue weighted by Crippen LogP contribution is 2.34. The number of hydrogen-bond donors (Lipinski definition) is 2. The lowest BCUT2D eigenvalue weighted by molar-refractivity contribution is -0.141. The van der Waals surface area contributed by atoms with Crippen molar-refractivity contribution in [2.24, 2.45) is 0 Å². The third-order valence-corrected chi connectivity index (χ3v) is 4.36. The zero-order valence-corrected chi connectivity index (χ0v) is 15.7. The van der Waals surface area contributed by atoms with Gasteiger partial charge in [-0.05, 0) is 38.5 Å². The lowest BCUT2D eigenvalue weighted by atomic mass is 10.1. The molecular weight excluding hydrogens is 352 g/mol. The molecule has 2 amide bonds. The first-order valence-corrected chi connectivity index (χ1v) is 8.89. The molecule has 2 N–H and O–H groups in total. The molecule has 0 aliphatic carbocycles. The highest BCUT2D eigenvalue weighted by atomic mass is 16.5. The highest BCUT2D eigenvalue weighted by molar-refractivity contribution is 6.05. The molecule has 146 valence electrons. The number of hydrogen-bond acceptors (Lipinski definition) is 5. The van der Waals surface area contributed by atoms with E-state index in [0.717, 1.165) is 6.42 Å². The Morgan fingerprint density at radius 1 is 1.33 bits per heavy atom. The number of nitrogens with one attached hydrogen (secondary N) is 1.